The van der Waals surface area contributed by atoms with Gasteiger partial charge in [-0.25, -0.2) is 4.79 Å². The largest absolute Gasteiger partial charge is 0.462 e. The minimum atomic E-state index is -0.213. The first-order valence-corrected chi connectivity index (χ1v) is 6.64. The summed E-state index contributed by atoms with van der Waals surface area (Å²) in [5.74, 6) is -0.213. The fourth-order valence-electron chi connectivity index (χ4n) is 1.67. The van der Waals surface area contributed by atoms with E-state index in [2.05, 4.69) is 6.92 Å². The first kappa shape index (κ1) is 14.5. The van der Waals surface area contributed by atoms with Crippen molar-refractivity contribution in [3.63, 3.8) is 0 Å². The Bertz CT molecular complexity index is 379. The smallest absolute Gasteiger partial charge is 0.333 e. The van der Waals surface area contributed by atoms with E-state index in [1.54, 1.807) is 6.92 Å². The molecule has 0 aliphatic heterocycles. The van der Waals surface area contributed by atoms with Crippen LogP contribution in [0.4, 0.5) is 0 Å². The molecular weight excluding hydrogens is 224 g/mol. The Morgan fingerprint density at radius 3 is 2.56 bits per heavy atom. The van der Waals surface area contributed by atoms with E-state index in [4.69, 9.17) is 4.74 Å². The normalized spacial score (nSPS) is 11.3. The minimum absolute atomic E-state index is 0.213. The molecule has 18 heavy (non-hydrogen) atoms. The Balaban J connectivity index is 2.35. The van der Waals surface area contributed by atoms with Gasteiger partial charge < -0.3 is 4.74 Å². The van der Waals surface area contributed by atoms with Gasteiger partial charge in [-0.1, -0.05) is 56.5 Å². The molecule has 0 aromatic heterocycles. The van der Waals surface area contributed by atoms with Crippen LogP contribution in [0.2, 0.25) is 0 Å². The molecule has 0 amide bonds. The summed E-state index contributed by atoms with van der Waals surface area (Å²) < 4.78 is 5.22. The molecule has 0 heterocycles. The molecule has 0 saturated carbocycles. The molecule has 1 aromatic carbocycles. The molecule has 0 atom stereocenters. The van der Waals surface area contributed by atoms with Gasteiger partial charge in [0.2, 0.25) is 0 Å². The Labute approximate surface area is 110 Å². The van der Waals surface area contributed by atoms with E-state index in [1.165, 1.54) is 12.8 Å². The van der Waals surface area contributed by atoms with Crippen LogP contribution in [0, 0.1) is 0 Å². The summed E-state index contributed by atoms with van der Waals surface area (Å²) in [5.41, 5.74) is 1.68. The van der Waals surface area contributed by atoms with Crippen molar-refractivity contribution < 1.29 is 9.53 Å². The van der Waals surface area contributed by atoms with Gasteiger partial charge in [0.1, 0.15) is 0 Å². The number of carbonyl (C=O) groups excluding carboxylic acids is 1. The quantitative estimate of drug-likeness (QED) is 0.409. The lowest BCUT2D eigenvalue weighted by Crippen LogP contribution is -2.06. The van der Waals surface area contributed by atoms with Gasteiger partial charge in [-0.3, -0.25) is 0 Å². The Hall–Kier alpha value is -1.57. The van der Waals surface area contributed by atoms with Crippen LogP contribution >= 0.6 is 0 Å². The second-order valence-corrected chi connectivity index (χ2v) is 4.43. The molecule has 98 valence electrons. The molecule has 0 radical (unpaired) electrons. The zero-order chi connectivity index (χ0) is 13.2. The van der Waals surface area contributed by atoms with Crippen LogP contribution in [0.5, 0.6) is 0 Å². The van der Waals surface area contributed by atoms with E-state index in [9.17, 15) is 4.79 Å². The van der Waals surface area contributed by atoms with E-state index in [-0.39, 0.29) is 5.97 Å². The highest BCUT2D eigenvalue weighted by Crippen LogP contribution is 2.08. The molecule has 2 nitrogen and oxygen atoms in total. The number of unbranched alkanes of at least 4 members (excludes halogenated alkanes) is 3. The Kier molecular flexibility index (Phi) is 6.85. The topological polar surface area (TPSA) is 26.3 Å². The van der Waals surface area contributed by atoms with E-state index in [0.717, 1.165) is 18.4 Å². The number of hydrogen-bond donors (Lipinski definition) is 0. The van der Waals surface area contributed by atoms with Gasteiger partial charge in [0.25, 0.3) is 0 Å². The van der Waals surface area contributed by atoms with Crippen molar-refractivity contribution in [1.82, 2.24) is 0 Å². The number of hydrogen-bond acceptors (Lipinski definition) is 2. The Morgan fingerprint density at radius 1 is 1.17 bits per heavy atom. The van der Waals surface area contributed by atoms with Crippen molar-refractivity contribution >= 4 is 12.0 Å². The zero-order valence-corrected chi connectivity index (χ0v) is 11.3. The molecule has 0 bridgehead atoms. The maximum Gasteiger partial charge on any atom is 0.333 e. The first-order valence-electron chi connectivity index (χ1n) is 6.64. The molecule has 2 heteroatoms. The van der Waals surface area contributed by atoms with E-state index < -0.39 is 0 Å². The average molecular weight is 246 g/mol. The molecule has 0 saturated heterocycles. The maximum atomic E-state index is 11.7. The molecule has 1 aromatic rings. The second kappa shape index (κ2) is 8.51. The number of esters is 1. The molecule has 0 fully saturated rings. The van der Waals surface area contributed by atoms with E-state index >= 15 is 0 Å². The van der Waals surface area contributed by atoms with Gasteiger partial charge >= 0.3 is 5.97 Å². The monoisotopic (exact) mass is 246 g/mol. The maximum absolute atomic E-state index is 11.7. The van der Waals surface area contributed by atoms with Gasteiger partial charge in [-0.15, -0.1) is 0 Å². The SMILES string of the molecule is CCCCCCOC(=O)C(C)=Cc1ccccc1. The summed E-state index contributed by atoms with van der Waals surface area (Å²) in [6.07, 6.45) is 6.34. The highest BCUT2D eigenvalue weighted by Gasteiger charge is 2.05. The molecule has 0 aliphatic rings. The van der Waals surface area contributed by atoms with Crippen molar-refractivity contribution in [2.45, 2.75) is 39.5 Å². The number of rotatable bonds is 7. The second-order valence-electron chi connectivity index (χ2n) is 4.43. The summed E-state index contributed by atoms with van der Waals surface area (Å²) in [7, 11) is 0. The average Bonchev–Trinajstić information content (AvgIpc) is 2.39. The standard InChI is InChI=1S/C16H22O2/c1-3-4-5-9-12-18-16(17)14(2)13-15-10-7-6-8-11-15/h6-8,10-11,13H,3-5,9,12H2,1-2H3. The summed E-state index contributed by atoms with van der Waals surface area (Å²) >= 11 is 0. The summed E-state index contributed by atoms with van der Waals surface area (Å²) in [5, 5.41) is 0. The highest BCUT2D eigenvalue weighted by atomic mass is 16.5. The zero-order valence-electron chi connectivity index (χ0n) is 11.3. The minimum Gasteiger partial charge on any atom is -0.462 e. The van der Waals surface area contributed by atoms with Crippen molar-refractivity contribution in [3.8, 4) is 0 Å². The van der Waals surface area contributed by atoms with Crippen LogP contribution in [0.15, 0.2) is 35.9 Å². The van der Waals surface area contributed by atoms with Crippen molar-refractivity contribution in [2.24, 2.45) is 0 Å². The summed E-state index contributed by atoms with van der Waals surface area (Å²) in [6.45, 7) is 4.49. The third-order valence-electron chi connectivity index (χ3n) is 2.74. The van der Waals surface area contributed by atoms with Gasteiger partial charge in [0.05, 0.1) is 6.61 Å². The van der Waals surface area contributed by atoms with Crippen LogP contribution in [0.3, 0.4) is 0 Å². The van der Waals surface area contributed by atoms with E-state index in [1.807, 2.05) is 36.4 Å². The van der Waals surface area contributed by atoms with Crippen LogP contribution in [-0.4, -0.2) is 12.6 Å². The third-order valence-corrected chi connectivity index (χ3v) is 2.74. The lowest BCUT2D eigenvalue weighted by atomic mass is 10.1. The van der Waals surface area contributed by atoms with E-state index in [0.29, 0.717) is 12.2 Å². The van der Waals surface area contributed by atoms with Crippen LogP contribution in [0.25, 0.3) is 6.08 Å². The van der Waals surface area contributed by atoms with Crippen LogP contribution in [0.1, 0.15) is 45.1 Å². The van der Waals surface area contributed by atoms with Gasteiger partial charge in [0, 0.05) is 5.57 Å². The lowest BCUT2D eigenvalue weighted by molar-refractivity contribution is -0.139. The molecule has 0 spiro atoms. The molecule has 0 N–H and O–H groups in total. The van der Waals surface area contributed by atoms with Crippen LogP contribution < -0.4 is 0 Å². The number of benzene rings is 1. The van der Waals surface area contributed by atoms with Crippen molar-refractivity contribution in [1.29, 1.82) is 0 Å². The fraction of sp³-hybridized carbons (Fsp3) is 0.438. The lowest BCUT2D eigenvalue weighted by Gasteiger charge is -2.04. The summed E-state index contributed by atoms with van der Waals surface area (Å²) in [6, 6.07) is 9.80. The van der Waals surface area contributed by atoms with Gasteiger partial charge in [-0.05, 0) is 25.0 Å². The van der Waals surface area contributed by atoms with Crippen LogP contribution in [-0.2, 0) is 9.53 Å². The first-order chi connectivity index (χ1) is 8.74. The number of ether oxygens (including phenoxy) is 1. The third kappa shape index (κ3) is 5.67. The van der Waals surface area contributed by atoms with Gasteiger partial charge in [0.15, 0.2) is 0 Å². The molecular formula is C16H22O2. The molecule has 0 aliphatic carbocycles. The van der Waals surface area contributed by atoms with Gasteiger partial charge in [-0.2, -0.15) is 0 Å². The summed E-state index contributed by atoms with van der Waals surface area (Å²) in [4.78, 5) is 11.7. The predicted molar refractivity (Wildman–Crippen MR) is 75.2 cm³/mol. The van der Waals surface area contributed by atoms with Crippen molar-refractivity contribution in [2.75, 3.05) is 6.61 Å². The Morgan fingerprint density at radius 2 is 1.89 bits per heavy atom. The predicted octanol–water partition coefficient (Wildman–Crippen LogP) is 4.21. The number of carbonyl (C=O) groups is 1. The highest BCUT2D eigenvalue weighted by molar-refractivity contribution is 5.92. The molecule has 1 rings (SSSR count). The van der Waals surface area contributed by atoms with Crippen molar-refractivity contribution in [3.05, 3.63) is 41.5 Å². The fourth-order valence-corrected chi connectivity index (χ4v) is 1.67. The molecule has 0 unspecified atom stereocenters.